The standard InChI is InChI=1S/C25H28ClFN6O2/c1-14(2)29-12-16(11-28)21-13-33(7-8-35-21)22-10-20-23(25(34)32(4)15(3)30-20)24(31-22)18-6-5-17(26)9-19(18)27/h5-6,9-12,14,21H,7-8,13,28H2,1-4H3. The maximum absolute atomic E-state index is 15.0. The zero-order chi connectivity index (χ0) is 25.3. The number of aliphatic imine (C=N–C) groups is 1. The van der Waals surface area contributed by atoms with E-state index in [1.165, 1.54) is 22.9 Å². The Morgan fingerprint density at radius 1 is 1.34 bits per heavy atom. The number of aromatic nitrogens is 3. The summed E-state index contributed by atoms with van der Waals surface area (Å²) < 4.78 is 22.4. The lowest BCUT2D eigenvalue weighted by Crippen LogP contribution is -2.44. The van der Waals surface area contributed by atoms with Crippen molar-refractivity contribution in [2.75, 3.05) is 24.6 Å². The molecule has 35 heavy (non-hydrogen) atoms. The Kier molecular flexibility index (Phi) is 7.18. The first kappa shape index (κ1) is 24.8. The van der Waals surface area contributed by atoms with E-state index in [-0.39, 0.29) is 39.4 Å². The van der Waals surface area contributed by atoms with Gasteiger partial charge < -0.3 is 15.4 Å². The second kappa shape index (κ2) is 10.1. The Bertz CT molecular complexity index is 1380. The number of nitrogens with two attached hydrogens (primary N) is 1. The molecule has 3 heterocycles. The van der Waals surface area contributed by atoms with E-state index in [1.54, 1.807) is 32.3 Å². The summed E-state index contributed by atoms with van der Waals surface area (Å²) in [5.74, 6) is 0.539. The van der Waals surface area contributed by atoms with Crippen LogP contribution in [0.1, 0.15) is 19.7 Å². The number of ether oxygens (including phenoxy) is 1. The van der Waals surface area contributed by atoms with E-state index in [4.69, 9.17) is 27.1 Å². The number of nitrogens with zero attached hydrogens (tertiary/aromatic N) is 5. The van der Waals surface area contributed by atoms with Crippen LogP contribution in [-0.2, 0) is 11.8 Å². The van der Waals surface area contributed by atoms with E-state index in [9.17, 15) is 9.18 Å². The zero-order valence-electron chi connectivity index (χ0n) is 20.1. The first-order valence-electron chi connectivity index (χ1n) is 11.3. The molecule has 8 nitrogen and oxygen atoms in total. The zero-order valence-corrected chi connectivity index (χ0v) is 20.9. The summed E-state index contributed by atoms with van der Waals surface area (Å²) in [6.07, 6.45) is 2.91. The van der Waals surface area contributed by atoms with Crippen LogP contribution in [0.3, 0.4) is 0 Å². The number of hydrogen-bond donors (Lipinski definition) is 1. The van der Waals surface area contributed by atoms with E-state index >= 15 is 0 Å². The molecule has 2 aromatic heterocycles. The minimum absolute atomic E-state index is 0.126. The summed E-state index contributed by atoms with van der Waals surface area (Å²) in [6.45, 7) is 7.16. The largest absolute Gasteiger partial charge is 0.404 e. The molecule has 1 saturated heterocycles. The van der Waals surface area contributed by atoms with Crippen LogP contribution in [0.2, 0.25) is 5.02 Å². The van der Waals surface area contributed by atoms with Gasteiger partial charge in [0.25, 0.3) is 5.56 Å². The maximum Gasteiger partial charge on any atom is 0.263 e. The number of pyridine rings is 1. The number of anilines is 1. The van der Waals surface area contributed by atoms with Crippen molar-refractivity contribution in [3.8, 4) is 11.3 Å². The average Bonchev–Trinajstić information content (AvgIpc) is 2.82. The Labute approximate surface area is 207 Å². The number of halogens is 2. The lowest BCUT2D eigenvalue weighted by molar-refractivity contribution is 0.0677. The van der Waals surface area contributed by atoms with Crippen LogP contribution >= 0.6 is 11.6 Å². The van der Waals surface area contributed by atoms with E-state index in [2.05, 4.69) is 9.98 Å². The molecule has 0 aliphatic carbocycles. The summed E-state index contributed by atoms with van der Waals surface area (Å²) in [6, 6.07) is 6.20. The Hall–Kier alpha value is -3.30. The molecular weight excluding hydrogens is 471 g/mol. The van der Waals surface area contributed by atoms with Crippen molar-refractivity contribution in [1.82, 2.24) is 14.5 Å². The predicted octanol–water partition coefficient (Wildman–Crippen LogP) is 3.62. The van der Waals surface area contributed by atoms with Gasteiger partial charge in [-0.15, -0.1) is 0 Å². The van der Waals surface area contributed by atoms with Crippen molar-refractivity contribution in [3.63, 3.8) is 0 Å². The molecule has 0 bridgehead atoms. The minimum Gasteiger partial charge on any atom is -0.404 e. The molecule has 3 aromatic rings. The molecule has 10 heteroatoms. The summed E-state index contributed by atoms with van der Waals surface area (Å²) in [5.41, 5.74) is 7.17. The third-order valence-electron chi connectivity index (χ3n) is 5.93. The van der Waals surface area contributed by atoms with Crippen molar-refractivity contribution in [1.29, 1.82) is 0 Å². The number of benzene rings is 1. The van der Waals surface area contributed by atoms with Gasteiger partial charge in [-0.1, -0.05) is 11.6 Å². The number of rotatable bonds is 5. The normalized spacial score (nSPS) is 17.2. The Morgan fingerprint density at radius 3 is 2.80 bits per heavy atom. The number of morpholine rings is 1. The Balaban J connectivity index is 1.84. The van der Waals surface area contributed by atoms with Crippen molar-refractivity contribution >= 4 is 34.5 Å². The molecule has 1 atom stereocenters. The maximum atomic E-state index is 15.0. The van der Waals surface area contributed by atoms with Crippen LogP contribution in [0.4, 0.5) is 10.2 Å². The van der Waals surface area contributed by atoms with E-state index in [0.717, 1.165) is 5.57 Å². The van der Waals surface area contributed by atoms with Gasteiger partial charge in [0.2, 0.25) is 0 Å². The SMILES string of the molecule is Cc1nc2cc(N3CCOC(C(C=NC(C)C)=CN)C3)nc(-c3ccc(Cl)cc3F)c2c(=O)n1C. The summed E-state index contributed by atoms with van der Waals surface area (Å²) in [7, 11) is 1.63. The summed E-state index contributed by atoms with van der Waals surface area (Å²) in [5, 5.41) is 0.508. The topological polar surface area (TPSA) is 98.6 Å². The van der Waals surface area contributed by atoms with Gasteiger partial charge in [0.1, 0.15) is 23.6 Å². The highest BCUT2D eigenvalue weighted by molar-refractivity contribution is 6.30. The van der Waals surface area contributed by atoms with Crippen LogP contribution < -0.4 is 16.2 Å². The molecule has 4 rings (SSSR count). The van der Waals surface area contributed by atoms with Gasteiger partial charge in [0, 0.05) is 60.8 Å². The highest BCUT2D eigenvalue weighted by Gasteiger charge is 2.26. The highest BCUT2D eigenvalue weighted by atomic mass is 35.5. The van der Waals surface area contributed by atoms with E-state index < -0.39 is 5.82 Å². The third-order valence-corrected chi connectivity index (χ3v) is 6.17. The first-order chi connectivity index (χ1) is 16.7. The second-order valence-corrected chi connectivity index (χ2v) is 9.15. The van der Waals surface area contributed by atoms with Gasteiger partial charge >= 0.3 is 0 Å². The molecule has 2 N–H and O–H groups in total. The van der Waals surface area contributed by atoms with Crippen LogP contribution in [0.5, 0.6) is 0 Å². The first-order valence-corrected chi connectivity index (χ1v) is 11.7. The molecule has 0 amide bonds. The van der Waals surface area contributed by atoms with Gasteiger partial charge in [0.05, 0.1) is 23.2 Å². The molecule has 1 aliphatic heterocycles. The smallest absolute Gasteiger partial charge is 0.263 e. The average molecular weight is 499 g/mol. The van der Waals surface area contributed by atoms with Crippen LogP contribution in [0.25, 0.3) is 22.2 Å². The van der Waals surface area contributed by atoms with Gasteiger partial charge in [-0.2, -0.15) is 0 Å². The molecule has 0 saturated carbocycles. The van der Waals surface area contributed by atoms with Crippen molar-refractivity contribution in [2.45, 2.75) is 32.9 Å². The lowest BCUT2D eigenvalue weighted by atomic mass is 10.1. The molecular formula is C25H28ClFN6O2. The molecule has 0 spiro atoms. The second-order valence-electron chi connectivity index (χ2n) is 8.71. The number of hydrogen-bond acceptors (Lipinski definition) is 7. The summed E-state index contributed by atoms with van der Waals surface area (Å²) in [4.78, 5) is 29.0. The van der Waals surface area contributed by atoms with Crippen LogP contribution in [-0.4, -0.2) is 52.6 Å². The number of fused-ring (bicyclic) bond motifs is 1. The molecule has 1 unspecified atom stereocenters. The summed E-state index contributed by atoms with van der Waals surface area (Å²) >= 11 is 5.97. The van der Waals surface area contributed by atoms with Crippen molar-refractivity contribution in [3.05, 3.63) is 63.1 Å². The number of aryl methyl sites for hydroxylation is 1. The molecule has 1 fully saturated rings. The fourth-order valence-electron chi connectivity index (χ4n) is 3.95. The lowest BCUT2D eigenvalue weighted by Gasteiger charge is -2.34. The van der Waals surface area contributed by atoms with Crippen LogP contribution in [0.15, 0.2) is 45.8 Å². The quantitative estimate of drug-likeness (QED) is 0.539. The molecule has 1 aromatic carbocycles. The third kappa shape index (κ3) is 5.06. The molecule has 1 aliphatic rings. The molecule has 184 valence electrons. The highest BCUT2D eigenvalue weighted by Crippen LogP contribution is 2.31. The Morgan fingerprint density at radius 2 is 2.11 bits per heavy atom. The fraction of sp³-hybridized carbons (Fsp3) is 0.360. The fourth-order valence-corrected chi connectivity index (χ4v) is 4.11. The molecule has 0 radical (unpaired) electrons. The van der Waals surface area contributed by atoms with Gasteiger partial charge in [0.15, 0.2) is 0 Å². The van der Waals surface area contributed by atoms with Gasteiger partial charge in [-0.25, -0.2) is 14.4 Å². The van der Waals surface area contributed by atoms with Gasteiger partial charge in [-0.3, -0.25) is 14.4 Å². The van der Waals surface area contributed by atoms with E-state index in [1.807, 2.05) is 18.7 Å². The van der Waals surface area contributed by atoms with Crippen molar-refractivity contribution < 1.29 is 9.13 Å². The predicted molar refractivity (Wildman–Crippen MR) is 138 cm³/mol. The van der Waals surface area contributed by atoms with Gasteiger partial charge in [-0.05, 0) is 39.0 Å². The van der Waals surface area contributed by atoms with Crippen LogP contribution in [0, 0.1) is 12.7 Å². The monoisotopic (exact) mass is 498 g/mol. The van der Waals surface area contributed by atoms with Crippen molar-refractivity contribution in [2.24, 2.45) is 17.8 Å². The minimum atomic E-state index is -0.566. The van der Waals surface area contributed by atoms with E-state index in [0.29, 0.717) is 36.9 Å².